The van der Waals surface area contributed by atoms with E-state index in [0.717, 1.165) is 24.3 Å². The first-order valence-corrected chi connectivity index (χ1v) is 21.3. The van der Waals surface area contributed by atoms with Crippen LogP contribution >= 0.6 is 25.3 Å². The molecule has 1 aromatic carbocycles. The number of hydrogen-bond acceptors (Lipinski definition) is 3. The fourth-order valence-corrected chi connectivity index (χ4v) is 40.5. The normalized spacial score (nSPS) is 34.0. The van der Waals surface area contributed by atoms with Gasteiger partial charge < -0.3 is 4.43 Å². The molecule has 3 unspecified atom stereocenters. The standard InChI is InChI=1S/C19H35FOS2Si3/c1-19(12-6-13-22)16-25(4,15-7-14-23)24(2,3)26(5,21-19)18-10-8-17(20)9-11-18/h8-11,22-23H,6-7,12-16H2,1-5H3. The van der Waals surface area contributed by atoms with E-state index in [1.54, 1.807) is 12.1 Å². The average Bonchev–Trinajstić information content (AvgIpc) is 2.57. The molecule has 0 aliphatic carbocycles. The lowest BCUT2D eigenvalue weighted by Gasteiger charge is -2.61. The lowest BCUT2D eigenvalue weighted by atomic mass is 10.0. The molecule has 1 nitrogen and oxygen atoms in total. The summed E-state index contributed by atoms with van der Waals surface area (Å²) < 4.78 is 20.7. The summed E-state index contributed by atoms with van der Waals surface area (Å²) in [6, 6.07) is 9.85. The summed E-state index contributed by atoms with van der Waals surface area (Å²) in [6.45, 7) is 12.5. The van der Waals surface area contributed by atoms with E-state index >= 15 is 0 Å². The molecule has 1 aliphatic rings. The quantitative estimate of drug-likeness (QED) is 0.423. The zero-order chi connectivity index (χ0) is 19.6. The van der Waals surface area contributed by atoms with Gasteiger partial charge in [-0.3, -0.25) is 0 Å². The molecule has 148 valence electrons. The number of benzene rings is 1. The Morgan fingerprint density at radius 1 is 1.04 bits per heavy atom. The molecule has 1 saturated heterocycles. The van der Waals surface area contributed by atoms with E-state index in [2.05, 4.69) is 58.4 Å². The fraction of sp³-hybridized carbons (Fsp3) is 0.684. The Morgan fingerprint density at radius 3 is 2.15 bits per heavy atom. The third-order valence-electron chi connectivity index (χ3n) is 7.06. The van der Waals surface area contributed by atoms with Gasteiger partial charge in [-0.25, -0.2) is 4.39 Å². The number of thiol groups is 2. The van der Waals surface area contributed by atoms with Crippen molar-refractivity contribution in [1.82, 2.24) is 0 Å². The predicted octanol–water partition coefficient (Wildman–Crippen LogP) is 5.37. The van der Waals surface area contributed by atoms with Gasteiger partial charge in [0.25, 0.3) is 0 Å². The van der Waals surface area contributed by atoms with Gasteiger partial charge in [-0.05, 0) is 67.6 Å². The largest absolute Gasteiger partial charge is 0.411 e. The van der Waals surface area contributed by atoms with Gasteiger partial charge >= 0.3 is 0 Å². The Balaban J connectivity index is 2.53. The molecular weight excluding hydrogens is 412 g/mol. The van der Waals surface area contributed by atoms with Gasteiger partial charge in [0.2, 0.25) is 7.83 Å². The van der Waals surface area contributed by atoms with Crippen LogP contribution in [0.15, 0.2) is 24.3 Å². The molecule has 1 fully saturated rings. The smallest absolute Gasteiger partial charge is 0.205 e. The van der Waals surface area contributed by atoms with Crippen molar-refractivity contribution in [2.24, 2.45) is 0 Å². The first-order valence-electron chi connectivity index (χ1n) is 9.72. The SMILES string of the molecule is CC1(CCCS)C[Si](C)(CCCS)[Si](C)(C)[Si](C)(c2ccc(F)cc2)O1. The van der Waals surface area contributed by atoms with Crippen LogP contribution in [0.5, 0.6) is 0 Å². The predicted molar refractivity (Wildman–Crippen MR) is 127 cm³/mol. The molecule has 0 bridgehead atoms. The van der Waals surface area contributed by atoms with E-state index in [-0.39, 0.29) is 11.4 Å². The first-order chi connectivity index (χ1) is 12.0. The molecule has 1 heterocycles. The second-order valence-corrected chi connectivity index (χ2v) is 35.6. The Labute approximate surface area is 173 Å². The zero-order valence-electron chi connectivity index (χ0n) is 16.9. The molecule has 0 N–H and O–H groups in total. The van der Waals surface area contributed by atoms with Crippen LogP contribution in [0.25, 0.3) is 0 Å². The second-order valence-electron chi connectivity index (χ2n) is 9.11. The number of halogens is 1. The van der Waals surface area contributed by atoms with Crippen molar-refractivity contribution in [2.45, 2.75) is 70.1 Å². The molecule has 1 aromatic rings. The summed E-state index contributed by atoms with van der Waals surface area (Å²) in [4.78, 5) is 0. The van der Waals surface area contributed by atoms with Crippen molar-refractivity contribution in [2.75, 3.05) is 11.5 Å². The first kappa shape index (κ1) is 22.7. The Hall–Kier alpha value is 0.461. The molecule has 26 heavy (non-hydrogen) atoms. The highest BCUT2D eigenvalue weighted by Crippen LogP contribution is 2.47. The minimum Gasteiger partial charge on any atom is -0.411 e. The topological polar surface area (TPSA) is 9.23 Å². The van der Waals surface area contributed by atoms with Crippen LogP contribution in [0.4, 0.5) is 4.39 Å². The highest BCUT2D eigenvalue weighted by atomic mass is 32.1. The molecular formula is C19H35FOS2Si3. The molecule has 1 aliphatic heterocycles. The third kappa shape index (κ3) is 4.22. The maximum absolute atomic E-state index is 13.6. The van der Waals surface area contributed by atoms with Crippen LogP contribution in [0.2, 0.25) is 38.3 Å². The zero-order valence-corrected chi connectivity index (χ0v) is 21.7. The van der Waals surface area contributed by atoms with E-state index < -0.39 is 22.5 Å². The second kappa shape index (κ2) is 8.45. The third-order valence-corrected chi connectivity index (χ3v) is 46.8. The summed E-state index contributed by atoms with van der Waals surface area (Å²) >= 11 is 8.94. The Kier molecular flexibility index (Phi) is 7.39. The lowest BCUT2D eigenvalue weighted by Crippen LogP contribution is -2.83. The van der Waals surface area contributed by atoms with Crippen molar-refractivity contribution < 1.29 is 8.82 Å². The molecule has 0 aromatic heterocycles. The van der Waals surface area contributed by atoms with Crippen molar-refractivity contribution in [3.05, 3.63) is 30.1 Å². The maximum atomic E-state index is 13.6. The summed E-state index contributed by atoms with van der Waals surface area (Å²) in [7, 11) is -5.29. The van der Waals surface area contributed by atoms with E-state index in [4.69, 9.17) is 4.43 Å². The van der Waals surface area contributed by atoms with Gasteiger partial charge in [-0.2, -0.15) is 25.3 Å². The molecule has 3 atom stereocenters. The molecule has 0 amide bonds. The maximum Gasteiger partial charge on any atom is 0.205 e. The molecule has 0 radical (unpaired) electrons. The van der Waals surface area contributed by atoms with Crippen LogP contribution < -0.4 is 5.19 Å². The summed E-state index contributed by atoms with van der Waals surface area (Å²) in [6.07, 6.45) is 3.37. The van der Waals surface area contributed by atoms with Gasteiger partial charge in [0.1, 0.15) is 5.82 Å². The van der Waals surface area contributed by atoms with Crippen LogP contribution in [-0.2, 0) is 4.43 Å². The summed E-state index contributed by atoms with van der Waals surface area (Å²) in [5.74, 6) is 1.72. The number of hydrogen-bond donors (Lipinski definition) is 2. The highest BCUT2D eigenvalue weighted by Gasteiger charge is 2.65. The van der Waals surface area contributed by atoms with Crippen LogP contribution in [0, 0.1) is 5.82 Å². The van der Waals surface area contributed by atoms with Crippen molar-refractivity contribution in [3.8, 4) is 0 Å². The van der Waals surface area contributed by atoms with Gasteiger partial charge in [0.05, 0.1) is 12.7 Å². The Bertz CT molecular complexity index is 615. The minimum absolute atomic E-state index is 0.0574. The van der Waals surface area contributed by atoms with Crippen molar-refractivity contribution in [1.29, 1.82) is 0 Å². The lowest BCUT2D eigenvalue weighted by molar-refractivity contribution is 0.0924. The number of rotatable bonds is 7. The van der Waals surface area contributed by atoms with Gasteiger partial charge in [0, 0.05) is 7.59 Å². The van der Waals surface area contributed by atoms with Crippen molar-refractivity contribution >= 4 is 53.0 Å². The molecule has 7 heteroatoms. The van der Waals surface area contributed by atoms with E-state index in [1.807, 2.05) is 12.1 Å². The van der Waals surface area contributed by atoms with E-state index in [1.165, 1.54) is 23.7 Å². The highest BCUT2D eigenvalue weighted by molar-refractivity contribution is 7.80. The molecule has 0 spiro atoms. The fourth-order valence-electron chi connectivity index (χ4n) is 4.93. The van der Waals surface area contributed by atoms with Crippen molar-refractivity contribution in [3.63, 3.8) is 0 Å². The van der Waals surface area contributed by atoms with Crippen LogP contribution in [-0.4, -0.2) is 39.6 Å². The van der Waals surface area contributed by atoms with Gasteiger partial charge in [0.15, 0.2) is 0 Å². The Morgan fingerprint density at radius 2 is 1.62 bits per heavy atom. The van der Waals surface area contributed by atoms with Crippen LogP contribution in [0.1, 0.15) is 26.2 Å². The summed E-state index contributed by atoms with van der Waals surface area (Å²) in [5, 5.41) is 1.29. The van der Waals surface area contributed by atoms with E-state index in [0.29, 0.717) is 0 Å². The van der Waals surface area contributed by atoms with Crippen LogP contribution in [0.3, 0.4) is 0 Å². The van der Waals surface area contributed by atoms with E-state index in [9.17, 15) is 4.39 Å². The van der Waals surface area contributed by atoms with Gasteiger partial charge in [-0.1, -0.05) is 37.8 Å². The average molecular weight is 447 g/mol. The molecule has 2 rings (SSSR count). The van der Waals surface area contributed by atoms with Gasteiger partial charge in [-0.15, -0.1) is 0 Å². The summed E-state index contributed by atoms with van der Waals surface area (Å²) in [5.41, 5.74) is -0.0574. The monoisotopic (exact) mass is 446 g/mol. The minimum atomic E-state index is -2.15. The molecule has 0 saturated carbocycles.